The van der Waals surface area contributed by atoms with E-state index < -0.39 is 0 Å². The molecule has 0 aliphatic carbocycles. The Morgan fingerprint density at radius 2 is 2.20 bits per heavy atom. The van der Waals surface area contributed by atoms with Crippen molar-refractivity contribution in [2.45, 2.75) is 37.6 Å². The van der Waals surface area contributed by atoms with E-state index in [1.165, 1.54) is 32.4 Å². The molecule has 1 aliphatic heterocycles. The molecule has 1 saturated heterocycles. The van der Waals surface area contributed by atoms with Crippen LogP contribution in [0.3, 0.4) is 0 Å². The molecule has 0 aromatic heterocycles. The third-order valence-corrected chi connectivity index (χ3v) is 3.25. The van der Waals surface area contributed by atoms with Crippen LogP contribution in [0.15, 0.2) is 0 Å². The first-order valence-electron chi connectivity index (χ1n) is 4.11. The van der Waals surface area contributed by atoms with Gasteiger partial charge in [-0.2, -0.15) is 0 Å². The Labute approximate surface area is 71.9 Å². The van der Waals surface area contributed by atoms with Crippen LogP contribution in [0.5, 0.6) is 0 Å². The Morgan fingerprint density at radius 1 is 1.50 bits per heavy atom. The van der Waals surface area contributed by atoms with Crippen molar-refractivity contribution in [2.75, 3.05) is 13.1 Å². The SMILES string of the molecule is CCN1CCCCC1(C)Br. The number of hydrogen-bond donors (Lipinski definition) is 0. The van der Waals surface area contributed by atoms with Crippen LogP contribution in [-0.2, 0) is 0 Å². The first-order chi connectivity index (χ1) is 4.67. The third-order valence-electron chi connectivity index (χ3n) is 2.35. The first-order valence-corrected chi connectivity index (χ1v) is 4.90. The van der Waals surface area contributed by atoms with Crippen molar-refractivity contribution in [3.05, 3.63) is 0 Å². The third kappa shape index (κ3) is 1.73. The fourth-order valence-corrected chi connectivity index (χ4v) is 2.34. The smallest absolute Gasteiger partial charge is 0.0738 e. The molecule has 1 rings (SSSR count). The molecule has 0 aromatic carbocycles. The van der Waals surface area contributed by atoms with E-state index >= 15 is 0 Å². The van der Waals surface area contributed by atoms with Gasteiger partial charge in [0.2, 0.25) is 0 Å². The van der Waals surface area contributed by atoms with Crippen molar-refractivity contribution in [3.63, 3.8) is 0 Å². The lowest BCUT2D eigenvalue weighted by Gasteiger charge is -2.40. The minimum atomic E-state index is 0.292. The Hall–Kier alpha value is 0.440. The summed E-state index contributed by atoms with van der Waals surface area (Å²) >= 11 is 3.74. The molecular weight excluding hydrogens is 190 g/mol. The molecule has 1 heterocycles. The summed E-state index contributed by atoms with van der Waals surface area (Å²) in [7, 11) is 0. The van der Waals surface area contributed by atoms with Crippen molar-refractivity contribution < 1.29 is 0 Å². The maximum atomic E-state index is 3.74. The normalized spacial score (nSPS) is 36.3. The van der Waals surface area contributed by atoms with Crippen LogP contribution in [0.25, 0.3) is 0 Å². The van der Waals surface area contributed by atoms with Gasteiger partial charge in [-0.3, -0.25) is 4.90 Å². The monoisotopic (exact) mass is 205 g/mol. The predicted octanol–water partition coefficient (Wildman–Crippen LogP) is 2.60. The molecule has 0 aromatic rings. The van der Waals surface area contributed by atoms with Gasteiger partial charge in [-0.1, -0.05) is 22.9 Å². The average molecular weight is 206 g/mol. The molecule has 1 atom stereocenters. The van der Waals surface area contributed by atoms with Gasteiger partial charge in [0.15, 0.2) is 0 Å². The summed E-state index contributed by atoms with van der Waals surface area (Å²) in [4.78, 5) is 2.50. The Kier molecular flexibility index (Phi) is 2.75. The standard InChI is InChI=1S/C8H16BrN/c1-3-10-7-5-4-6-8(10,2)9/h3-7H2,1-2H3. The van der Waals surface area contributed by atoms with E-state index in [-0.39, 0.29) is 0 Å². The van der Waals surface area contributed by atoms with Gasteiger partial charge in [-0.15, -0.1) is 0 Å². The summed E-state index contributed by atoms with van der Waals surface area (Å²) in [5.41, 5.74) is 0. The highest BCUT2D eigenvalue weighted by molar-refractivity contribution is 9.10. The van der Waals surface area contributed by atoms with Crippen LogP contribution >= 0.6 is 15.9 Å². The van der Waals surface area contributed by atoms with Crippen LogP contribution in [0.4, 0.5) is 0 Å². The van der Waals surface area contributed by atoms with Crippen molar-refractivity contribution in [1.29, 1.82) is 0 Å². The summed E-state index contributed by atoms with van der Waals surface area (Å²) < 4.78 is 0.292. The number of likely N-dealkylation sites (tertiary alicyclic amines) is 1. The molecular formula is C8H16BrN. The zero-order valence-corrected chi connectivity index (χ0v) is 8.45. The molecule has 0 bridgehead atoms. The van der Waals surface area contributed by atoms with Crippen LogP contribution < -0.4 is 0 Å². The van der Waals surface area contributed by atoms with Gasteiger partial charge in [0.1, 0.15) is 0 Å². The second-order valence-corrected chi connectivity index (χ2v) is 4.89. The zero-order chi connectivity index (χ0) is 7.61. The molecule has 10 heavy (non-hydrogen) atoms. The maximum Gasteiger partial charge on any atom is 0.0738 e. The van der Waals surface area contributed by atoms with Gasteiger partial charge < -0.3 is 0 Å². The lowest BCUT2D eigenvalue weighted by Crippen LogP contribution is -2.44. The molecule has 1 unspecified atom stereocenters. The Balaban J connectivity index is 2.51. The molecule has 0 N–H and O–H groups in total. The topological polar surface area (TPSA) is 3.24 Å². The number of hydrogen-bond acceptors (Lipinski definition) is 1. The molecule has 1 nitrogen and oxygen atoms in total. The van der Waals surface area contributed by atoms with Crippen LogP contribution in [0.1, 0.15) is 33.1 Å². The highest BCUT2D eigenvalue weighted by Gasteiger charge is 2.29. The average Bonchev–Trinajstić information content (AvgIpc) is 1.87. The highest BCUT2D eigenvalue weighted by Crippen LogP contribution is 2.32. The van der Waals surface area contributed by atoms with Gasteiger partial charge in [-0.25, -0.2) is 0 Å². The lowest BCUT2D eigenvalue weighted by atomic mass is 10.0. The fraction of sp³-hybridized carbons (Fsp3) is 1.00. The number of halogens is 1. The quantitative estimate of drug-likeness (QED) is 0.470. The zero-order valence-electron chi connectivity index (χ0n) is 6.86. The van der Waals surface area contributed by atoms with E-state index in [1.54, 1.807) is 0 Å². The van der Waals surface area contributed by atoms with Crippen molar-refractivity contribution >= 4 is 15.9 Å². The molecule has 0 radical (unpaired) electrons. The summed E-state index contributed by atoms with van der Waals surface area (Å²) in [6.45, 7) is 6.93. The number of piperidine rings is 1. The van der Waals surface area contributed by atoms with E-state index in [4.69, 9.17) is 0 Å². The van der Waals surface area contributed by atoms with E-state index in [2.05, 4.69) is 34.7 Å². The first kappa shape index (κ1) is 8.54. The van der Waals surface area contributed by atoms with E-state index in [1.807, 2.05) is 0 Å². The minimum Gasteiger partial charge on any atom is -0.289 e. The van der Waals surface area contributed by atoms with E-state index in [9.17, 15) is 0 Å². The number of rotatable bonds is 1. The molecule has 0 saturated carbocycles. The molecule has 0 amide bonds. The fourth-order valence-electron chi connectivity index (χ4n) is 1.63. The Bertz CT molecular complexity index is 112. The van der Waals surface area contributed by atoms with Gasteiger partial charge in [0.05, 0.1) is 4.45 Å². The van der Waals surface area contributed by atoms with E-state index in [0.29, 0.717) is 4.45 Å². The second kappa shape index (κ2) is 3.22. The summed E-state index contributed by atoms with van der Waals surface area (Å²) in [5.74, 6) is 0. The largest absolute Gasteiger partial charge is 0.289 e. The minimum absolute atomic E-state index is 0.292. The second-order valence-electron chi connectivity index (χ2n) is 3.18. The van der Waals surface area contributed by atoms with Crippen LogP contribution in [0.2, 0.25) is 0 Å². The molecule has 1 aliphatic rings. The van der Waals surface area contributed by atoms with Crippen LogP contribution in [-0.4, -0.2) is 22.4 Å². The highest BCUT2D eigenvalue weighted by atomic mass is 79.9. The van der Waals surface area contributed by atoms with E-state index in [0.717, 1.165) is 0 Å². The van der Waals surface area contributed by atoms with Gasteiger partial charge in [0.25, 0.3) is 0 Å². The number of alkyl halides is 1. The van der Waals surface area contributed by atoms with Crippen molar-refractivity contribution in [3.8, 4) is 0 Å². The number of nitrogens with zero attached hydrogens (tertiary/aromatic N) is 1. The molecule has 1 fully saturated rings. The van der Waals surface area contributed by atoms with Crippen molar-refractivity contribution in [2.24, 2.45) is 0 Å². The summed E-state index contributed by atoms with van der Waals surface area (Å²) in [5, 5.41) is 0. The van der Waals surface area contributed by atoms with Gasteiger partial charge in [-0.05, 0) is 39.3 Å². The van der Waals surface area contributed by atoms with Crippen molar-refractivity contribution in [1.82, 2.24) is 4.90 Å². The Morgan fingerprint density at radius 3 is 2.60 bits per heavy atom. The molecule has 60 valence electrons. The molecule has 0 spiro atoms. The van der Waals surface area contributed by atoms with Gasteiger partial charge >= 0.3 is 0 Å². The predicted molar refractivity (Wildman–Crippen MR) is 48.4 cm³/mol. The molecule has 2 heteroatoms. The summed E-state index contributed by atoms with van der Waals surface area (Å²) in [6, 6.07) is 0. The maximum absolute atomic E-state index is 3.74. The lowest BCUT2D eigenvalue weighted by molar-refractivity contribution is 0.148. The van der Waals surface area contributed by atoms with Crippen LogP contribution in [0, 0.1) is 0 Å². The van der Waals surface area contributed by atoms with Gasteiger partial charge in [0, 0.05) is 0 Å². The summed E-state index contributed by atoms with van der Waals surface area (Å²) in [6.07, 6.45) is 4.04.